The van der Waals surface area contributed by atoms with Crippen LogP contribution in [-0.4, -0.2) is 50.0 Å². The van der Waals surface area contributed by atoms with E-state index in [-0.39, 0.29) is 36.4 Å². The molecule has 1 aliphatic rings. The molecular formula is C14H29ClN2O3. The van der Waals surface area contributed by atoms with Crippen LogP contribution in [0.15, 0.2) is 0 Å². The molecule has 1 heterocycles. The molecular weight excluding hydrogens is 280 g/mol. The molecule has 0 saturated carbocycles. The van der Waals surface area contributed by atoms with Crippen molar-refractivity contribution in [2.75, 3.05) is 32.8 Å². The van der Waals surface area contributed by atoms with Gasteiger partial charge in [0.05, 0.1) is 19.1 Å². The number of ether oxygens (including phenoxy) is 1. The number of aliphatic hydroxyl groups is 1. The highest BCUT2D eigenvalue weighted by molar-refractivity contribution is 5.85. The minimum Gasteiger partial charge on any atom is -0.396 e. The largest absolute Gasteiger partial charge is 0.396 e. The van der Waals surface area contributed by atoms with Crippen LogP contribution in [0.3, 0.4) is 0 Å². The molecule has 0 aromatic carbocycles. The van der Waals surface area contributed by atoms with Crippen molar-refractivity contribution in [3.8, 4) is 0 Å². The summed E-state index contributed by atoms with van der Waals surface area (Å²) in [7, 11) is 0. The van der Waals surface area contributed by atoms with Crippen LogP contribution in [0.5, 0.6) is 0 Å². The third kappa shape index (κ3) is 6.39. The number of hydrogen-bond acceptors (Lipinski definition) is 4. The van der Waals surface area contributed by atoms with Gasteiger partial charge in [0.1, 0.15) is 0 Å². The first-order chi connectivity index (χ1) is 9.15. The number of nitrogens with one attached hydrogen (secondary N) is 2. The molecule has 0 radical (unpaired) electrons. The van der Waals surface area contributed by atoms with E-state index in [1.54, 1.807) is 0 Å². The predicted octanol–water partition coefficient (Wildman–Crippen LogP) is 1.09. The Labute approximate surface area is 128 Å². The van der Waals surface area contributed by atoms with Crippen LogP contribution in [0.1, 0.15) is 39.5 Å². The van der Waals surface area contributed by atoms with Gasteiger partial charge in [-0.2, -0.15) is 0 Å². The second-order valence-corrected chi connectivity index (χ2v) is 5.36. The average molecular weight is 309 g/mol. The Hall–Kier alpha value is -0.360. The van der Waals surface area contributed by atoms with E-state index < -0.39 is 0 Å². The highest BCUT2D eigenvalue weighted by Crippen LogP contribution is 2.29. The fourth-order valence-electron chi connectivity index (χ4n) is 2.49. The highest BCUT2D eigenvalue weighted by Gasteiger charge is 2.26. The van der Waals surface area contributed by atoms with Crippen molar-refractivity contribution in [1.82, 2.24) is 10.6 Å². The van der Waals surface area contributed by atoms with Gasteiger partial charge in [0.15, 0.2) is 0 Å². The highest BCUT2D eigenvalue weighted by atomic mass is 35.5. The van der Waals surface area contributed by atoms with E-state index in [1.165, 1.54) is 0 Å². The number of aliphatic hydroxyl groups excluding tert-OH is 1. The van der Waals surface area contributed by atoms with Crippen molar-refractivity contribution >= 4 is 18.3 Å². The van der Waals surface area contributed by atoms with Gasteiger partial charge >= 0.3 is 0 Å². The zero-order chi connectivity index (χ0) is 14.1. The van der Waals surface area contributed by atoms with E-state index in [0.29, 0.717) is 19.6 Å². The SMILES string of the molecule is CCC(CC)(CCO)CNC(=O)CC1CNCCO1.Cl. The lowest BCUT2D eigenvalue weighted by Crippen LogP contribution is -2.43. The lowest BCUT2D eigenvalue weighted by atomic mass is 9.79. The molecule has 0 aromatic rings. The number of carbonyl (C=O) groups excluding carboxylic acids is 1. The first-order valence-electron chi connectivity index (χ1n) is 7.35. The van der Waals surface area contributed by atoms with Gasteiger partial charge in [-0.15, -0.1) is 12.4 Å². The molecule has 1 amide bonds. The maximum absolute atomic E-state index is 11.9. The lowest BCUT2D eigenvalue weighted by Gasteiger charge is -2.31. The standard InChI is InChI=1S/C14H28N2O3.ClH/c1-3-14(4-2,5-7-17)11-16-13(18)9-12-10-15-6-8-19-12;/h12,15,17H,3-11H2,1-2H3,(H,16,18);1H. The molecule has 1 unspecified atom stereocenters. The molecule has 5 nitrogen and oxygen atoms in total. The molecule has 1 atom stereocenters. The zero-order valence-corrected chi connectivity index (χ0v) is 13.4. The van der Waals surface area contributed by atoms with Gasteiger partial charge in [-0.1, -0.05) is 13.8 Å². The van der Waals surface area contributed by atoms with Gasteiger partial charge < -0.3 is 20.5 Å². The first-order valence-corrected chi connectivity index (χ1v) is 7.35. The summed E-state index contributed by atoms with van der Waals surface area (Å²) in [4.78, 5) is 11.9. The average Bonchev–Trinajstić information content (AvgIpc) is 2.45. The Bertz CT molecular complexity index is 267. The van der Waals surface area contributed by atoms with E-state index in [4.69, 9.17) is 9.84 Å². The van der Waals surface area contributed by atoms with Gasteiger partial charge in [0.2, 0.25) is 5.91 Å². The molecule has 0 aromatic heterocycles. The van der Waals surface area contributed by atoms with Crippen LogP contribution in [0.2, 0.25) is 0 Å². The van der Waals surface area contributed by atoms with E-state index in [0.717, 1.165) is 32.4 Å². The van der Waals surface area contributed by atoms with Crippen molar-refractivity contribution in [3.05, 3.63) is 0 Å². The second kappa shape index (κ2) is 10.4. The third-order valence-electron chi connectivity index (χ3n) is 4.22. The minimum atomic E-state index is -0.00996. The molecule has 1 fully saturated rings. The Kier molecular flexibility index (Phi) is 10.2. The Balaban J connectivity index is 0.00000361. The van der Waals surface area contributed by atoms with E-state index in [1.807, 2.05) is 0 Å². The van der Waals surface area contributed by atoms with Gasteiger partial charge in [-0.25, -0.2) is 0 Å². The summed E-state index contributed by atoms with van der Waals surface area (Å²) in [6, 6.07) is 0. The zero-order valence-electron chi connectivity index (χ0n) is 12.6. The Morgan fingerprint density at radius 3 is 2.65 bits per heavy atom. The molecule has 20 heavy (non-hydrogen) atoms. The van der Waals surface area contributed by atoms with E-state index >= 15 is 0 Å². The number of rotatable bonds is 8. The summed E-state index contributed by atoms with van der Waals surface area (Å²) in [5.41, 5.74) is 0.0239. The number of hydrogen-bond donors (Lipinski definition) is 3. The van der Waals surface area contributed by atoms with Gasteiger partial charge in [-0.3, -0.25) is 4.79 Å². The van der Waals surface area contributed by atoms with E-state index in [9.17, 15) is 4.79 Å². The van der Waals surface area contributed by atoms with Gasteiger partial charge in [-0.05, 0) is 24.7 Å². The lowest BCUT2D eigenvalue weighted by molar-refractivity contribution is -0.125. The minimum absolute atomic E-state index is 0. The van der Waals surface area contributed by atoms with Crippen LogP contribution in [0, 0.1) is 5.41 Å². The molecule has 0 aliphatic carbocycles. The predicted molar refractivity (Wildman–Crippen MR) is 82.2 cm³/mol. The maximum Gasteiger partial charge on any atom is 0.222 e. The van der Waals surface area contributed by atoms with Crippen LogP contribution < -0.4 is 10.6 Å². The van der Waals surface area contributed by atoms with Crippen molar-refractivity contribution in [1.29, 1.82) is 0 Å². The molecule has 6 heteroatoms. The normalized spacial score (nSPS) is 19.2. The number of morpholine rings is 1. The fraction of sp³-hybridized carbons (Fsp3) is 0.929. The third-order valence-corrected chi connectivity index (χ3v) is 4.22. The number of halogens is 1. The summed E-state index contributed by atoms with van der Waals surface area (Å²) in [5, 5.41) is 15.4. The van der Waals surface area contributed by atoms with Crippen molar-refractivity contribution in [3.63, 3.8) is 0 Å². The van der Waals surface area contributed by atoms with Crippen molar-refractivity contribution in [2.45, 2.75) is 45.6 Å². The summed E-state index contributed by atoms with van der Waals surface area (Å²) in [6.45, 7) is 7.32. The number of carbonyl (C=O) groups is 1. The summed E-state index contributed by atoms with van der Waals surface area (Å²) >= 11 is 0. The first kappa shape index (κ1) is 19.6. The fourth-order valence-corrected chi connectivity index (χ4v) is 2.49. The molecule has 120 valence electrons. The smallest absolute Gasteiger partial charge is 0.222 e. The molecule has 0 spiro atoms. The number of amides is 1. The van der Waals surface area contributed by atoms with Crippen molar-refractivity contribution < 1.29 is 14.6 Å². The Morgan fingerprint density at radius 1 is 1.45 bits per heavy atom. The van der Waals surface area contributed by atoms with E-state index in [2.05, 4.69) is 24.5 Å². The topological polar surface area (TPSA) is 70.6 Å². The molecule has 1 rings (SSSR count). The van der Waals surface area contributed by atoms with Crippen LogP contribution in [0.25, 0.3) is 0 Å². The second-order valence-electron chi connectivity index (χ2n) is 5.36. The van der Waals surface area contributed by atoms with Crippen LogP contribution in [-0.2, 0) is 9.53 Å². The van der Waals surface area contributed by atoms with Crippen molar-refractivity contribution in [2.24, 2.45) is 5.41 Å². The molecule has 0 bridgehead atoms. The quantitative estimate of drug-likeness (QED) is 0.628. The summed E-state index contributed by atoms with van der Waals surface area (Å²) in [5.74, 6) is 0.0397. The van der Waals surface area contributed by atoms with Gasteiger partial charge in [0, 0.05) is 26.2 Å². The van der Waals surface area contributed by atoms with Crippen LogP contribution >= 0.6 is 12.4 Å². The molecule has 1 aliphatic heterocycles. The Morgan fingerprint density at radius 2 is 2.15 bits per heavy atom. The summed E-state index contributed by atoms with van der Waals surface area (Å²) in [6.07, 6.45) is 3.07. The van der Waals surface area contributed by atoms with Crippen LogP contribution in [0.4, 0.5) is 0 Å². The monoisotopic (exact) mass is 308 g/mol. The molecule has 1 saturated heterocycles. The molecule has 3 N–H and O–H groups in total. The maximum atomic E-state index is 11.9. The summed E-state index contributed by atoms with van der Waals surface area (Å²) < 4.78 is 5.52. The van der Waals surface area contributed by atoms with Gasteiger partial charge in [0.25, 0.3) is 0 Å².